The average molecular weight is 282 g/mol. The van der Waals surface area contributed by atoms with Crippen LogP contribution in [0.4, 0.5) is 5.82 Å². The van der Waals surface area contributed by atoms with Gasteiger partial charge in [-0.25, -0.2) is 13.4 Å². The third kappa shape index (κ3) is 3.08. The minimum absolute atomic E-state index is 0.294. The highest BCUT2D eigenvalue weighted by Gasteiger charge is 2.32. The number of rotatable bonds is 4. The van der Waals surface area contributed by atoms with E-state index in [0.29, 0.717) is 22.7 Å². The second-order valence-electron chi connectivity index (χ2n) is 5.48. The molecule has 0 spiro atoms. The van der Waals surface area contributed by atoms with E-state index in [1.165, 1.54) is 19.1 Å². The average Bonchev–Trinajstić information content (AvgIpc) is 2.70. The van der Waals surface area contributed by atoms with Crippen LogP contribution in [0.5, 0.6) is 0 Å². The molecule has 0 saturated heterocycles. The van der Waals surface area contributed by atoms with Crippen molar-refractivity contribution in [3.8, 4) is 0 Å². The van der Waals surface area contributed by atoms with Gasteiger partial charge in [-0.15, -0.1) is 0 Å². The zero-order valence-electron chi connectivity index (χ0n) is 11.8. The second kappa shape index (κ2) is 5.49. The van der Waals surface area contributed by atoms with E-state index in [9.17, 15) is 8.42 Å². The molecule has 0 amide bonds. The maximum Gasteiger partial charge on any atom is 0.179 e. The Morgan fingerprint density at radius 2 is 2.16 bits per heavy atom. The molecule has 1 aliphatic carbocycles. The van der Waals surface area contributed by atoms with Gasteiger partial charge in [0.15, 0.2) is 9.84 Å². The fraction of sp³-hybridized carbons (Fsp3) is 0.643. The predicted octanol–water partition coefficient (Wildman–Crippen LogP) is 2.72. The highest BCUT2D eigenvalue weighted by atomic mass is 32.2. The van der Waals surface area contributed by atoms with E-state index in [0.717, 1.165) is 12.3 Å². The van der Waals surface area contributed by atoms with Crippen molar-refractivity contribution in [3.05, 3.63) is 18.3 Å². The molecule has 106 valence electrons. The molecule has 1 aromatic heterocycles. The van der Waals surface area contributed by atoms with Gasteiger partial charge in [0.1, 0.15) is 10.7 Å². The summed E-state index contributed by atoms with van der Waals surface area (Å²) in [5.74, 6) is 1.78. The van der Waals surface area contributed by atoms with Crippen molar-refractivity contribution in [2.75, 3.05) is 11.6 Å². The predicted molar refractivity (Wildman–Crippen MR) is 76.9 cm³/mol. The Bertz CT molecular complexity index is 542. The molecule has 1 heterocycles. The van der Waals surface area contributed by atoms with Crippen LogP contribution in [0.25, 0.3) is 0 Å². The number of hydrogen-bond donors (Lipinski definition) is 1. The lowest BCUT2D eigenvalue weighted by Gasteiger charge is -2.22. The number of sulfone groups is 1. The monoisotopic (exact) mass is 282 g/mol. The number of nitrogens with zero attached hydrogens (tertiary/aromatic N) is 1. The largest absolute Gasteiger partial charge is 0.366 e. The normalized spacial score (nSPS) is 27.4. The SMILES string of the molecule is CCC1CCC(Nc2ncccc2S(C)(=O)=O)C1C. The first-order chi connectivity index (χ1) is 8.93. The van der Waals surface area contributed by atoms with E-state index in [2.05, 4.69) is 24.1 Å². The minimum Gasteiger partial charge on any atom is -0.366 e. The van der Waals surface area contributed by atoms with E-state index in [1.807, 2.05) is 0 Å². The zero-order valence-corrected chi connectivity index (χ0v) is 12.6. The number of hydrogen-bond acceptors (Lipinski definition) is 4. The summed E-state index contributed by atoms with van der Waals surface area (Å²) in [6, 6.07) is 3.59. The zero-order chi connectivity index (χ0) is 14.0. The first kappa shape index (κ1) is 14.3. The van der Waals surface area contributed by atoms with Crippen molar-refractivity contribution < 1.29 is 8.42 Å². The first-order valence-electron chi connectivity index (χ1n) is 6.85. The highest BCUT2D eigenvalue weighted by molar-refractivity contribution is 7.90. The lowest BCUT2D eigenvalue weighted by molar-refractivity contribution is 0.391. The Labute approximate surface area is 115 Å². The third-order valence-electron chi connectivity index (χ3n) is 4.24. The maximum absolute atomic E-state index is 11.7. The molecular formula is C14H22N2O2S. The van der Waals surface area contributed by atoms with Gasteiger partial charge in [0.2, 0.25) is 0 Å². The number of pyridine rings is 1. The van der Waals surface area contributed by atoms with E-state index < -0.39 is 9.84 Å². The van der Waals surface area contributed by atoms with Crippen molar-refractivity contribution in [2.24, 2.45) is 11.8 Å². The highest BCUT2D eigenvalue weighted by Crippen LogP contribution is 2.36. The molecule has 1 aliphatic rings. The summed E-state index contributed by atoms with van der Waals surface area (Å²) in [5, 5.41) is 3.34. The fourth-order valence-corrected chi connectivity index (χ4v) is 3.79. The van der Waals surface area contributed by atoms with Crippen LogP contribution in [0.1, 0.15) is 33.1 Å². The van der Waals surface area contributed by atoms with E-state index in [-0.39, 0.29) is 0 Å². The molecule has 2 rings (SSSR count). The van der Waals surface area contributed by atoms with Gasteiger partial charge in [0, 0.05) is 18.5 Å². The molecule has 1 saturated carbocycles. The summed E-state index contributed by atoms with van der Waals surface area (Å²) in [7, 11) is -3.24. The molecule has 4 nitrogen and oxygen atoms in total. The fourth-order valence-electron chi connectivity index (χ4n) is 3.00. The first-order valence-corrected chi connectivity index (χ1v) is 8.74. The Balaban J connectivity index is 2.21. The van der Waals surface area contributed by atoms with Gasteiger partial charge < -0.3 is 5.32 Å². The molecule has 0 bridgehead atoms. The minimum atomic E-state index is -3.24. The lowest BCUT2D eigenvalue weighted by Crippen LogP contribution is -2.26. The molecule has 0 aliphatic heterocycles. The lowest BCUT2D eigenvalue weighted by atomic mass is 9.93. The molecule has 1 aromatic rings. The van der Waals surface area contributed by atoms with Crippen molar-refractivity contribution in [1.29, 1.82) is 0 Å². The van der Waals surface area contributed by atoms with Gasteiger partial charge in [-0.2, -0.15) is 0 Å². The standard InChI is InChI=1S/C14H22N2O2S/c1-4-11-7-8-12(10(11)2)16-14-13(19(3,17)18)6-5-9-15-14/h5-6,9-12H,4,7-8H2,1-3H3,(H,15,16). The van der Waals surface area contributed by atoms with Gasteiger partial charge in [-0.05, 0) is 36.8 Å². The van der Waals surface area contributed by atoms with Crippen molar-refractivity contribution in [3.63, 3.8) is 0 Å². The van der Waals surface area contributed by atoms with Crippen LogP contribution in [-0.4, -0.2) is 25.7 Å². The molecule has 5 heteroatoms. The molecule has 3 unspecified atom stereocenters. The molecule has 1 fully saturated rings. The van der Waals surface area contributed by atoms with Crippen LogP contribution >= 0.6 is 0 Å². The van der Waals surface area contributed by atoms with Crippen LogP contribution < -0.4 is 5.32 Å². The van der Waals surface area contributed by atoms with Crippen LogP contribution in [0.2, 0.25) is 0 Å². The van der Waals surface area contributed by atoms with Gasteiger partial charge in [0.05, 0.1) is 0 Å². The second-order valence-corrected chi connectivity index (χ2v) is 7.46. The Morgan fingerprint density at radius 1 is 1.42 bits per heavy atom. The van der Waals surface area contributed by atoms with Crippen molar-refractivity contribution in [1.82, 2.24) is 4.98 Å². The van der Waals surface area contributed by atoms with Crippen LogP contribution in [0.15, 0.2) is 23.2 Å². The summed E-state index contributed by atoms with van der Waals surface area (Å²) in [6.45, 7) is 4.45. The Morgan fingerprint density at radius 3 is 2.74 bits per heavy atom. The summed E-state index contributed by atoms with van der Waals surface area (Å²) in [6.07, 6.45) is 6.33. The van der Waals surface area contributed by atoms with Crippen LogP contribution in [0.3, 0.4) is 0 Å². The molecule has 0 aromatic carbocycles. The van der Waals surface area contributed by atoms with Crippen LogP contribution in [0, 0.1) is 11.8 Å². The number of anilines is 1. The van der Waals surface area contributed by atoms with Gasteiger partial charge >= 0.3 is 0 Å². The Hall–Kier alpha value is -1.10. The summed E-state index contributed by atoms with van der Waals surface area (Å²) in [5.41, 5.74) is 0. The van der Waals surface area contributed by atoms with Crippen molar-refractivity contribution in [2.45, 2.75) is 44.0 Å². The number of aromatic nitrogens is 1. The molecule has 19 heavy (non-hydrogen) atoms. The summed E-state index contributed by atoms with van der Waals surface area (Å²) < 4.78 is 23.5. The molecular weight excluding hydrogens is 260 g/mol. The quantitative estimate of drug-likeness (QED) is 0.922. The molecule has 3 atom stereocenters. The maximum atomic E-state index is 11.7. The van der Waals surface area contributed by atoms with Gasteiger partial charge in [0.25, 0.3) is 0 Å². The van der Waals surface area contributed by atoms with E-state index in [4.69, 9.17) is 0 Å². The molecule has 0 radical (unpaired) electrons. The third-order valence-corrected chi connectivity index (χ3v) is 5.37. The Kier molecular flexibility index (Phi) is 4.13. The van der Waals surface area contributed by atoms with Crippen molar-refractivity contribution >= 4 is 15.7 Å². The summed E-state index contributed by atoms with van der Waals surface area (Å²) in [4.78, 5) is 4.50. The van der Waals surface area contributed by atoms with Crippen LogP contribution in [-0.2, 0) is 9.84 Å². The molecule has 1 N–H and O–H groups in total. The summed E-state index contributed by atoms with van der Waals surface area (Å²) >= 11 is 0. The van der Waals surface area contributed by atoms with E-state index in [1.54, 1.807) is 18.3 Å². The smallest absolute Gasteiger partial charge is 0.179 e. The topological polar surface area (TPSA) is 59.1 Å². The van der Waals surface area contributed by atoms with Gasteiger partial charge in [-0.3, -0.25) is 0 Å². The van der Waals surface area contributed by atoms with Gasteiger partial charge in [-0.1, -0.05) is 20.3 Å². The van der Waals surface area contributed by atoms with E-state index >= 15 is 0 Å². The number of nitrogens with one attached hydrogen (secondary N) is 1.